The highest BCUT2D eigenvalue weighted by molar-refractivity contribution is 7.91. The summed E-state index contributed by atoms with van der Waals surface area (Å²) in [6.45, 7) is 9.62. The Morgan fingerprint density at radius 3 is 1.36 bits per heavy atom. The van der Waals surface area contributed by atoms with E-state index >= 15 is 0 Å². The first-order valence-corrected chi connectivity index (χ1v) is 19.3. The third-order valence-corrected chi connectivity index (χ3v) is 9.73. The SMILES string of the molecule is C=C(C)C(=O)OCC/C(=C\C=O)C(=O)Nc1ccccc1Oc1cccc(S(=O)(=O)c2cccc(Oc3ccccc3NC(=O)/C(=C/C=O)CCOC(=O)C(=C)C)c2)c1. The lowest BCUT2D eigenvalue weighted by Gasteiger charge is -2.15. The average molecular weight is 821 g/mol. The molecule has 0 aliphatic rings. The number of amides is 2. The minimum atomic E-state index is -4.17. The van der Waals surface area contributed by atoms with Crippen LogP contribution in [0.15, 0.2) is 154 Å². The maximum Gasteiger partial charge on any atom is 0.333 e. The Morgan fingerprint density at radius 1 is 0.593 bits per heavy atom. The maximum atomic E-state index is 13.9. The molecular weight excluding hydrogens is 781 g/mol. The minimum absolute atomic E-state index is 0.0356. The summed E-state index contributed by atoms with van der Waals surface area (Å²) in [5.41, 5.74) is 0.860. The summed E-state index contributed by atoms with van der Waals surface area (Å²) in [5, 5.41) is 5.35. The number of aldehydes is 2. The fourth-order valence-electron chi connectivity index (χ4n) is 4.99. The van der Waals surface area contributed by atoms with Crippen molar-refractivity contribution in [2.24, 2.45) is 0 Å². The molecule has 59 heavy (non-hydrogen) atoms. The van der Waals surface area contributed by atoms with Crippen molar-refractivity contribution in [1.82, 2.24) is 0 Å². The van der Waals surface area contributed by atoms with Crippen molar-refractivity contribution in [3.8, 4) is 23.0 Å². The summed E-state index contributed by atoms with van der Waals surface area (Å²) in [4.78, 5) is 71.9. The number of hydrogen-bond acceptors (Lipinski definition) is 12. The zero-order valence-corrected chi connectivity index (χ0v) is 32.9. The van der Waals surface area contributed by atoms with Gasteiger partial charge in [-0.1, -0.05) is 49.6 Å². The van der Waals surface area contributed by atoms with E-state index in [0.29, 0.717) is 12.6 Å². The van der Waals surface area contributed by atoms with E-state index < -0.39 is 33.6 Å². The number of carbonyl (C=O) groups is 6. The molecular formula is C44H40N2O12S. The molecule has 4 aromatic rings. The van der Waals surface area contributed by atoms with Gasteiger partial charge in [-0.25, -0.2) is 18.0 Å². The first-order chi connectivity index (χ1) is 28.2. The van der Waals surface area contributed by atoms with Gasteiger partial charge in [-0.3, -0.25) is 19.2 Å². The predicted octanol–water partition coefficient (Wildman–Crippen LogP) is 7.25. The lowest BCUT2D eigenvalue weighted by atomic mass is 10.1. The number of benzene rings is 4. The van der Waals surface area contributed by atoms with E-state index in [2.05, 4.69) is 23.8 Å². The van der Waals surface area contributed by atoms with Crippen LogP contribution in [-0.4, -0.2) is 58.0 Å². The van der Waals surface area contributed by atoms with E-state index in [9.17, 15) is 37.2 Å². The molecule has 4 rings (SSSR count). The van der Waals surface area contributed by atoms with E-state index in [1.165, 1.54) is 62.4 Å². The molecule has 2 N–H and O–H groups in total. The topological polar surface area (TPSA) is 198 Å². The Kier molecular flexibility index (Phi) is 15.9. The van der Waals surface area contributed by atoms with Gasteiger partial charge in [0.15, 0.2) is 11.5 Å². The van der Waals surface area contributed by atoms with Gasteiger partial charge in [0.1, 0.15) is 24.1 Å². The predicted molar refractivity (Wildman–Crippen MR) is 218 cm³/mol. The summed E-state index contributed by atoms with van der Waals surface area (Å²) in [6, 6.07) is 24.2. The van der Waals surface area contributed by atoms with Crippen LogP contribution in [0.25, 0.3) is 0 Å². The van der Waals surface area contributed by atoms with Gasteiger partial charge in [0.25, 0.3) is 11.8 Å². The zero-order valence-electron chi connectivity index (χ0n) is 32.1. The molecule has 0 fully saturated rings. The molecule has 4 aromatic carbocycles. The summed E-state index contributed by atoms with van der Waals surface area (Å²) in [5.74, 6) is -2.00. The van der Waals surface area contributed by atoms with Crippen LogP contribution >= 0.6 is 0 Å². The molecule has 304 valence electrons. The molecule has 0 radical (unpaired) electrons. The molecule has 0 saturated carbocycles. The Balaban J connectivity index is 1.49. The minimum Gasteiger partial charge on any atom is -0.462 e. The van der Waals surface area contributed by atoms with Crippen molar-refractivity contribution in [3.05, 3.63) is 145 Å². The van der Waals surface area contributed by atoms with Gasteiger partial charge in [0.2, 0.25) is 9.84 Å². The van der Waals surface area contributed by atoms with Crippen molar-refractivity contribution in [2.45, 2.75) is 36.5 Å². The number of para-hydroxylation sites is 4. The summed E-state index contributed by atoms with van der Waals surface area (Å²) in [7, 11) is -4.17. The van der Waals surface area contributed by atoms with Crippen LogP contribution in [-0.2, 0) is 48.1 Å². The second-order valence-electron chi connectivity index (χ2n) is 12.5. The maximum absolute atomic E-state index is 13.9. The van der Waals surface area contributed by atoms with Gasteiger partial charge in [0.05, 0.1) is 34.4 Å². The standard InChI is InChI=1S/C44H40N2O12S/c1-29(2)43(51)55-25-21-31(19-23-47)41(49)45-37-15-5-7-17-39(37)57-33-11-9-13-35(27-33)59(53,54)36-14-10-12-34(28-36)58-40-18-8-6-16-38(40)46-42(50)32(20-24-48)22-26-56-44(52)30(3)4/h5-20,23-24,27-28H,1,3,21-22,25-26H2,2,4H3,(H,45,49)(H,46,50)/b31-19+,32-20+. The molecule has 0 aliphatic heterocycles. The number of anilines is 2. The molecule has 0 unspecified atom stereocenters. The van der Waals surface area contributed by atoms with Crippen LogP contribution in [0.2, 0.25) is 0 Å². The molecule has 15 heteroatoms. The average Bonchev–Trinajstić information content (AvgIpc) is 3.21. The number of carbonyl (C=O) groups excluding carboxylic acids is 6. The van der Waals surface area contributed by atoms with Gasteiger partial charge in [-0.2, -0.15) is 0 Å². The molecule has 0 atom stereocenters. The van der Waals surface area contributed by atoms with Gasteiger partial charge in [-0.05, 0) is 86.7 Å². The van der Waals surface area contributed by atoms with Crippen molar-refractivity contribution in [1.29, 1.82) is 0 Å². The number of nitrogens with one attached hydrogen (secondary N) is 2. The van der Waals surface area contributed by atoms with E-state index in [0.717, 1.165) is 12.2 Å². The van der Waals surface area contributed by atoms with E-state index in [1.54, 1.807) is 48.5 Å². The van der Waals surface area contributed by atoms with E-state index in [4.69, 9.17) is 18.9 Å². The van der Waals surface area contributed by atoms with Crippen molar-refractivity contribution < 1.29 is 56.1 Å². The highest BCUT2D eigenvalue weighted by atomic mass is 32.2. The second kappa shape index (κ2) is 21.2. The molecule has 2 amide bonds. The van der Waals surface area contributed by atoms with Gasteiger partial charge >= 0.3 is 11.9 Å². The summed E-state index contributed by atoms with van der Waals surface area (Å²) < 4.78 is 50.0. The normalized spacial score (nSPS) is 11.4. The fourth-order valence-corrected chi connectivity index (χ4v) is 6.32. The Labute approximate surface area is 340 Å². The smallest absolute Gasteiger partial charge is 0.333 e. The molecule has 0 aliphatic carbocycles. The summed E-state index contributed by atoms with van der Waals surface area (Å²) >= 11 is 0. The first kappa shape index (κ1) is 44.3. The second-order valence-corrected chi connectivity index (χ2v) is 14.5. The Morgan fingerprint density at radius 2 is 0.983 bits per heavy atom. The van der Waals surface area contributed by atoms with Crippen molar-refractivity contribution in [3.63, 3.8) is 0 Å². The highest BCUT2D eigenvalue weighted by Crippen LogP contribution is 2.34. The van der Waals surface area contributed by atoms with Gasteiger partial charge < -0.3 is 29.6 Å². The third-order valence-electron chi connectivity index (χ3n) is 7.99. The molecule has 0 saturated heterocycles. The van der Waals surface area contributed by atoms with Gasteiger partial charge in [-0.15, -0.1) is 0 Å². The molecule has 0 spiro atoms. The van der Waals surface area contributed by atoms with Crippen molar-refractivity contribution >= 4 is 57.5 Å². The molecule has 0 bridgehead atoms. The number of rotatable bonds is 20. The fraction of sp³-hybridized carbons (Fsp3) is 0.136. The van der Waals surface area contributed by atoms with Crippen LogP contribution in [0.4, 0.5) is 11.4 Å². The number of ether oxygens (including phenoxy) is 4. The number of sulfone groups is 1. The molecule has 14 nitrogen and oxygen atoms in total. The number of allylic oxidation sites excluding steroid dienone is 2. The van der Waals surface area contributed by atoms with Gasteiger partial charge in [0, 0.05) is 35.1 Å². The first-order valence-electron chi connectivity index (χ1n) is 17.8. The lowest BCUT2D eigenvalue weighted by Crippen LogP contribution is -2.17. The highest BCUT2D eigenvalue weighted by Gasteiger charge is 2.21. The quantitative estimate of drug-likeness (QED) is 0.0515. The van der Waals surface area contributed by atoms with E-state index in [1.807, 2.05) is 0 Å². The van der Waals surface area contributed by atoms with E-state index in [-0.39, 0.29) is 92.5 Å². The Bertz CT molecular complexity index is 2290. The van der Waals surface area contributed by atoms with Crippen LogP contribution in [0.5, 0.6) is 23.0 Å². The molecule has 0 heterocycles. The summed E-state index contributed by atoms with van der Waals surface area (Å²) in [6.07, 6.45) is 2.88. The van der Waals surface area contributed by atoms with Crippen LogP contribution < -0.4 is 20.1 Å². The van der Waals surface area contributed by atoms with Crippen LogP contribution in [0.3, 0.4) is 0 Å². The number of hydrogen-bond donors (Lipinski definition) is 2. The van der Waals surface area contributed by atoms with Crippen molar-refractivity contribution in [2.75, 3.05) is 23.8 Å². The Hall–Kier alpha value is -7.39. The van der Waals surface area contributed by atoms with Crippen LogP contribution in [0.1, 0.15) is 26.7 Å². The number of esters is 2. The largest absolute Gasteiger partial charge is 0.462 e. The zero-order chi connectivity index (χ0) is 43.0. The monoisotopic (exact) mass is 820 g/mol. The lowest BCUT2D eigenvalue weighted by molar-refractivity contribution is -0.139. The third kappa shape index (κ3) is 12.8. The molecule has 0 aromatic heterocycles. The van der Waals surface area contributed by atoms with Crippen LogP contribution in [0, 0.1) is 0 Å².